The minimum Gasteiger partial charge on any atom is -0.490 e. The van der Waals surface area contributed by atoms with Gasteiger partial charge in [0.05, 0.1) is 5.52 Å². The van der Waals surface area contributed by atoms with E-state index in [1.54, 1.807) is 0 Å². The summed E-state index contributed by atoms with van der Waals surface area (Å²) in [6, 6.07) is 11.7. The van der Waals surface area contributed by atoms with Crippen LogP contribution in [0.3, 0.4) is 0 Å². The number of pyridine rings is 1. The molecule has 7 nitrogen and oxygen atoms in total. The van der Waals surface area contributed by atoms with Crippen LogP contribution >= 0.6 is 0 Å². The average Bonchev–Trinajstić information content (AvgIpc) is 2.88. The Labute approximate surface area is 163 Å². The van der Waals surface area contributed by atoms with Gasteiger partial charge in [-0.05, 0) is 57.0 Å². The normalized spacial score (nSPS) is 24.0. The minimum absolute atomic E-state index is 0.373. The van der Waals surface area contributed by atoms with Crippen molar-refractivity contribution in [3.63, 3.8) is 0 Å². The Balaban J connectivity index is 0.000000242. The number of benzene rings is 1. The lowest BCUT2D eigenvalue weighted by Gasteiger charge is -2.36. The molecule has 2 aliphatic rings. The Morgan fingerprint density at radius 1 is 1.11 bits per heavy atom. The third-order valence-corrected chi connectivity index (χ3v) is 5.30. The standard InChI is InChI=1S/C17H20N2O.C4H4O4/c1-19-13-4-5-14(19)11-16(10-13)20-15-6-7-17-12(9-15)3-2-8-18-17;5-3(6)1-2-4(7)8/h2-3,6-9,13-14,16H,4-5,10-11H2,1H3;1-2H,(H,5,6)(H,7,8)/b;2-1+. The fraction of sp³-hybridized carbons (Fsp3) is 0.381. The molecule has 1 aromatic heterocycles. The third kappa shape index (κ3) is 5.07. The highest BCUT2D eigenvalue weighted by molar-refractivity contribution is 5.89. The fourth-order valence-electron chi connectivity index (χ4n) is 3.92. The molecule has 2 unspecified atom stereocenters. The van der Waals surface area contributed by atoms with Crippen molar-refractivity contribution in [3.05, 3.63) is 48.7 Å². The second-order valence-electron chi connectivity index (χ2n) is 7.13. The zero-order chi connectivity index (χ0) is 20.1. The Kier molecular flexibility index (Phi) is 6.26. The molecule has 2 aliphatic heterocycles. The summed E-state index contributed by atoms with van der Waals surface area (Å²) in [5.74, 6) is -1.53. The molecule has 0 saturated carbocycles. The van der Waals surface area contributed by atoms with Crippen molar-refractivity contribution in [2.75, 3.05) is 7.05 Å². The lowest BCUT2D eigenvalue weighted by atomic mass is 10.0. The van der Waals surface area contributed by atoms with Gasteiger partial charge in [-0.2, -0.15) is 0 Å². The number of nitrogens with zero attached hydrogens (tertiary/aromatic N) is 2. The molecule has 0 aliphatic carbocycles. The predicted octanol–water partition coefficient (Wildman–Crippen LogP) is 2.95. The van der Waals surface area contributed by atoms with E-state index in [1.165, 1.54) is 12.8 Å². The largest absolute Gasteiger partial charge is 0.490 e. The highest BCUT2D eigenvalue weighted by atomic mass is 16.5. The van der Waals surface area contributed by atoms with Gasteiger partial charge < -0.3 is 19.8 Å². The first-order valence-electron chi connectivity index (χ1n) is 9.29. The fourth-order valence-corrected chi connectivity index (χ4v) is 3.92. The van der Waals surface area contributed by atoms with Crippen molar-refractivity contribution < 1.29 is 24.5 Å². The van der Waals surface area contributed by atoms with E-state index in [0.717, 1.165) is 41.6 Å². The zero-order valence-corrected chi connectivity index (χ0v) is 15.7. The van der Waals surface area contributed by atoms with Crippen LogP contribution in [0.1, 0.15) is 25.7 Å². The molecule has 148 valence electrons. The highest BCUT2D eigenvalue weighted by Crippen LogP contribution is 2.36. The predicted molar refractivity (Wildman–Crippen MR) is 104 cm³/mol. The van der Waals surface area contributed by atoms with Gasteiger partial charge in [0.2, 0.25) is 0 Å². The Morgan fingerprint density at radius 2 is 1.75 bits per heavy atom. The number of aromatic nitrogens is 1. The zero-order valence-electron chi connectivity index (χ0n) is 15.7. The maximum atomic E-state index is 9.55. The van der Waals surface area contributed by atoms with Crippen molar-refractivity contribution in [2.24, 2.45) is 0 Å². The molecule has 2 fully saturated rings. The van der Waals surface area contributed by atoms with Gasteiger partial charge in [-0.15, -0.1) is 0 Å². The van der Waals surface area contributed by atoms with Crippen LogP contribution < -0.4 is 4.74 Å². The summed E-state index contributed by atoms with van der Waals surface area (Å²) in [4.78, 5) is 26.0. The van der Waals surface area contributed by atoms with Crippen molar-refractivity contribution in [1.29, 1.82) is 0 Å². The molecule has 28 heavy (non-hydrogen) atoms. The van der Waals surface area contributed by atoms with Gasteiger partial charge in [0.1, 0.15) is 11.9 Å². The first kappa shape index (κ1) is 19.8. The van der Waals surface area contributed by atoms with Crippen molar-refractivity contribution >= 4 is 22.8 Å². The van der Waals surface area contributed by atoms with Crippen LogP contribution in [-0.4, -0.2) is 57.3 Å². The smallest absolute Gasteiger partial charge is 0.328 e. The molecule has 2 saturated heterocycles. The molecule has 0 amide bonds. The molecule has 0 radical (unpaired) electrons. The number of rotatable bonds is 4. The Bertz CT molecular complexity index is 852. The quantitative estimate of drug-likeness (QED) is 0.782. The van der Waals surface area contributed by atoms with E-state index in [4.69, 9.17) is 14.9 Å². The van der Waals surface area contributed by atoms with Crippen molar-refractivity contribution in [1.82, 2.24) is 9.88 Å². The number of carboxylic acid groups (broad SMARTS) is 2. The third-order valence-electron chi connectivity index (χ3n) is 5.30. The van der Waals surface area contributed by atoms with E-state index in [1.807, 2.05) is 18.3 Å². The lowest BCUT2D eigenvalue weighted by Crippen LogP contribution is -2.43. The second-order valence-corrected chi connectivity index (χ2v) is 7.13. The molecule has 2 N–H and O–H groups in total. The van der Waals surface area contributed by atoms with Crippen molar-refractivity contribution in [3.8, 4) is 5.75 Å². The highest BCUT2D eigenvalue weighted by Gasteiger charge is 2.39. The van der Waals surface area contributed by atoms with E-state index in [9.17, 15) is 9.59 Å². The maximum Gasteiger partial charge on any atom is 0.328 e. The molecule has 2 bridgehead atoms. The SMILES string of the molecule is CN1C2CCC1CC(Oc1ccc3ncccc3c1)C2.O=C(O)/C=C/C(=O)O. The number of piperidine rings is 1. The topological polar surface area (TPSA) is 100.0 Å². The summed E-state index contributed by atoms with van der Waals surface area (Å²) in [7, 11) is 2.26. The van der Waals surface area contributed by atoms with E-state index >= 15 is 0 Å². The van der Waals surface area contributed by atoms with E-state index in [0.29, 0.717) is 18.3 Å². The lowest BCUT2D eigenvalue weighted by molar-refractivity contribution is -0.134. The van der Waals surface area contributed by atoms with Crippen LogP contribution in [0, 0.1) is 0 Å². The van der Waals surface area contributed by atoms with Crippen molar-refractivity contribution in [2.45, 2.75) is 43.9 Å². The molecule has 0 spiro atoms. The summed E-state index contributed by atoms with van der Waals surface area (Å²) in [5.41, 5.74) is 1.03. The van der Waals surface area contributed by atoms with Crippen LogP contribution in [0.4, 0.5) is 0 Å². The Morgan fingerprint density at radius 3 is 2.36 bits per heavy atom. The monoisotopic (exact) mass is 384 g/mol. The van der Waals surface area contributed by atoms with Crippen LogP contribution in [-0.2, 0) is 9.59 Å². The van der Waals surface area contributed by atoms with Gasteiger partial charge in [0.15, 0.2) is 0 Å². The first-order chi connectivity index (χ1) is 13.4. The molecular formula is C21H24N2O5. The summed E-state index contributed by atoms with van der Waals surface area (Å²) in [5, 5.41) is 16.8. The van der Waals surface area contributed by atoms with Crippen LogP contribution in [0.25, 0.3) is 10.9 Å². The molecule has 1 aromatic carbocycles. The van der Waals surface area contributed by atoms with E-state index < -0.39 is 11.9 Å². The molecular weight excluding hydrogens is 360 g/mol. The number of ether oxygens (including phenoxy) is 1. The second kappa shape index (κ2) is 8.84. The molecule has 2 atom stereocenters. The van der Waals surface area contributed by atoms with Gasteiger partial charge in [-0.3, -0.25) is 4.98 Å². The number of carboxylic acids is 2. The maximum absolute atomic E-state index is 9.55. The van der Waals surface area contributed by atoms with Crippen LogP contribution in [0.15, 0.2) is 48.7 Å². The minimum atomic E-state index is -1.26. The van der Waals surface area contributed by atoms with Gasteiger partial charge in [-0.25, -0.2) is 9.59 Å². The molecule has 7 heteroatoms. The molecule has 2 aromatic rings. The molecule has 4 rings (SSSR count). The summed E-state index contributed by atoms with van der Waals surface area (Å²) in [6.07, 6.45) is 8.32. The van der Waals surface area contributed by atoms with Gasteiger partial charge >= 0.3 is 11.9 Å². The number of fused-ring (bicyclic) bond motifs is 3. The first-order valence-corrected chi connectivity index (χ1v) is 9.29. The Hall–Kier alpha value is -2.93. The van der Waals surface area contributed by atoms with Crippen LogP contribution in [0.2, 0.25) is 0 Å². The summed E-state index contributed by atoms with van der Waals surface area (Å²) >= 11 is 0. The van der Waals surface area contributed by atoms with Gasteiger partial charge in [-0.1, -0.05) is 6.07 Å². The molecule has 3 heterocycles. The summed E-state index contributed by atoms with van der Waals surface area (Å²) < 4.78 is 6.24. The van der Waals surface area contributed by atoms with Gasteiger partial charge in [0, 0.05) is 35.8 Å². The van der Waals surface area contributed by atoms with E-state index in [-0.39, 0.29) is 0 Å². The average molecular weight is 384 g/mol. The number of carbonyl (C=O) groups is 2. The number of aliphatic carboxylic acids is 2. The van der Waals surface area contributed by atoms with E-state index in [2.05, 4.69) is 35.1 Å². The van der Waals surface area contributed by atoms with Crippen LogP contribution in [0.5, 0.6) is 5.75 Å². The number of hydrogen-bond acceptors (Lipinski definition) is 5. The summed E-state index contributed by atoms with van der Waals surface area (Å²) in [6.45, 7) is 0. The number of hydrogen-bond donors (Lipinski definition) is 2. The van der Waals surface area contributed by atoms with Gasteiger partial charge in [0.25, 0.3) is 0 Å².